The Bertz CT molecular complexity index is 702. The average Bonchev–Trinajstić information content (AvgIpc) is 3.25. The number of aryl methyl sites for hydroxylation is 2. The summed E-state index contributed by atoms with van der Waals surface area (Å²) in [5.74, 6) is 0. The van der Waals surface area contributed by atoms with Gasteiger partial charge in [0.2, 0.25) is 0 Å². The predicted octanol–water partition coefficient (Wildman–Crippen LogP) is 2.34. The molecule has 6 heteroatoms. The molecule has 0 amide bonds. The van der Waals surface area contributed by atoms with Crippen molar-refractivity contribution < 1.29 is 0 Å². The maximum absolute atomic E-state index is 4.59. The predicted molar refractivity (Wildman–Crippen MR) is 89.7 cm³/mol. The van der Waals surface area contributed by atoms with E-state index in [1.807, 2.05) is 36.9 Å². The first-order valence-electron chi connectivity index (χ1n) is 8.02. The number of nitrogens with one attached hydrogen (secondary N) is 1. The lowest BCUT2D eigenvalue weighted by molar-refractivity contribution is 0.548. The third-order valence-corrected chi connectivity index (χ3v) is 3.68. The van der Waals surface area contributed by atoms with Gasteiger partial charge in [-0.3, -0.25) is 0 Å². The van der Waals surface area contributed by atoms with E-state index in [1.54, 1.807) is 4.80 Å². The Morgan fingerprint density at radius 1 is 1.13 bits per heavy atom. The maximum Gasteiger partial charge on any atom is 0.117 e. The summed E-state index contributed by atoms with van der Waals surface area (Å²) in [6, 6.07) is 10.2. The molecule has 0 bridgehead atoms. The highest BCUT2D eigenvalue weighted by Crippen LogP contribution is 2.19. The Morgan fingerprint density at radius 2 is 2.00 bits per heavy atom. The number of benzene rings is 1. The number of imidazole rings is 1. The van der Waals surface area contributed by atoms with Crippen LogP contribution in [-0.2, 0) is 19.6 Å². The van der Waals surface area contributed by atoms with Crippen molar-refractivity contribution in [1.82, 2.24) is 29.9 Å². The molecule has 120 valence electrons. The van der Waals surface area contributed by atoms with E-state index in [1.165, 1.54) is 0 Å². The van der Waals surface area contributed by atoms with E-state index in [-0.39, 0.29) is 0 Å². The summed E-state index contributed by atoms with van der Waals surface area (Å²) < 4.78 is 2.09. The van der Waals surface area contributed by atoms with Gasteiger partial charge in [0, 0.05) is 31.0 Å². The molecule has 0 fully saturated rings. The van der Waals surface area contributed by atoms with Crippen molar-refractivity contribution in [2.24, 2.45) is 0 Å². The number of rotatable bonds is 8. The highest BCUT2D eigenvalue weighted by atomic mass is 15.5. The fraction of sp³-hybridized carbons (Fsp3) is 0.353. The Morgan fingerprint density at radius 3 is 2.74 bits per heavy atom. The van der Waals surface area contributed by atoms with Crippen LogP contribution in [-0.4, -0.2) is 31.1 Å². The normalized spacial score (nSPS) is 11.0. The maximum atomic E-state index is 4.59. The van der Waals surface area contributed by atoms with Gasteiger partial charge < -0.3 is 9.88 Å². The highest BCUT2D eigenvalue weighted by Gasteiger charge is 2.11. The molecule has 1 aromatic carbocycles. The summed E-state index contributed by atoms with van der Waals surface area (Å²) >= 11 is 0. The highest BCUT2D eigenvalue weighted by molar-refractivity contribution is 5.60. The van der Waals surface area contributed by atoms with Crippen LogP contribution in [0.4, 0.5) is 0 Å². The molecule has 0 aliphatic rings. The van der Waals surface area contributed by atoms with Gasteiger partial charge in [-0.05, 0) is 19.9 Å². The number of hydrogen-bond acceptors (Lipinski definition) is 4. The summed E-state index contributed by atoms with van der Waals surface area (Å²) in [7, 11) is 0. The van der Waals surface area contributed by atoms with Crippen LogP contribution in [0.2, 0.25) is 0 Å². The molecule has 0 saturated carbocycles. The first kappa shape index (κ1) is 15.4. The van der Waals surface area contributed by atoms with Crippen LogP contribution in [0.15, 0.2) is 49.1 Å². The van der Waals surface area contributed by atoms with Gasteiger partial charge in [-0.15, -0.1) is 0 Å². The average molecular weight is 310 g/mol. The van der Waals surface area contributed by atoms with E-state index in [9.17, 15) is 0 Å². The van der Waals surface area contributed by atoms with Crippen LogP contribution in [0.3, 0.4) is 0 Å². The second-order valence-electron chi connectivity index (χ2n) is 5.38. The van der Waals surface area contributed by atoms with E-state index in [4.69, 9.17) is 0 Å². The van der Waals surface area contributed by atoms with E-state index < -0.39 is 0 Å². The Kier molecular flexibility index (Phi) is 5.16. The first-order valence-corrected chi connectivity index (χ1v) is 8.02. The Hall–Kier alpha value is -2.47. The van der Waals surface area contributed by atoms with Gasteiger partial charge in [0.05, 0.1) is 12.9 Å². The minimum Gasteiger partial charge on any atom is -0.337 e. The van der Waals surface area contributed by atoms with E-state index in [2.05, 4.69) is 44.1 Å². The summed E-state index contributed by atoms with van der Waals surface area (Å²) in [4.78, 5) is 5.80. The third kappa shape index (κ3) is 4.04. The molecule has 2 aromatic heterocycles. The molecule has 0 radical (unpaired) electrons. The van der Waals surface area contributed by atoms with Crippen molar-refractivity contribution in [1.29, 1.82) is 0 Å². The monoisotopic (exact) mass is 310 g/mol. The smallest absolute Gasteiger partial charge is 0.117 e. The van der Waals surface area contributed by atoms with Crippen LogP contribution >= 0.6 is 0 Å². The lowest BCUT2D eigenvalue weighted by Gasteiger charge is -2.05. The minimum atomic E-state index is 0.730. The van der Waals surface area contributed by atoms with Gasteiger partial charge >= 0.3 is 0 Å². The molecule has 2 heterocycles. The molecule has 0 atom stereocenters. The van der Waals surface area contributed by atoms with Crippen molar-refractivity contribution in [2.75, 3.05) is 6.54 Å². The van der Waals surface area contributed by atoms with Crippen molar-refractivity contribution in [3.8, 4) is 11.3 Å². The van der Waals surface area contributed by atoms with E-state index >= 15 is 0 Å². The van der Waals surface area contributed by atoms with Crippen molar-refractivity contribution in [3.63, 3.8) is 0 Å². The topological polar surface area (TPSA) is 60.6 Å². The standard InChI is InChI=1S/C17H22N6/c1-2-23-20-16(17(21-23)15-7-4-3-5-8-15)13-18-9-6-11-22-12-10-19-14-22/h3-5,7-8,10,12,14,18H,2,6,9,11,13H2,1H3. The third-order valence-electron chi connectivity index (χ3n) is 3.68. The summed E-state index contributed by atoms with van der Waals surface area (Å²) in [5.41, 5.74) is 3.08. The lowest BCUT2D eigenvalue weighted by Crippen LogP contribution is -2.17. The second-order valence-corrected chi connectivity index (χ2v) is 5.38. The molecule has 3 aromatic rings. The fourth-order valence-corrected chi connectivity index (χ4v) is 2.48. The van der Waals surface area contributed by atoms with Gasteiger partial charge in [-0.1, -0.05) is 30.3 Å². The lowest BCUT2D eigenvalue weighted by atomic mass is 10.1. The molecule has 0 aliphatic carbocycles. The first-order chi connectivity index (χ1) is 11.4. The van der Waals surface area contributed by atoms with Crippen LogP contribution < -0.4 is 5.32 Å². The van der Waals surface area contributed by atoms with Gasteiger partial charge in [0.15, 0.2) is 0 Å². The Labute approximate surface area is 136 Å². The molecule has 0 unspecified atom stereocenters. The quantitative estimate of drug-likeness (QED) is 0.649. The molecule has 0 spiro atoms. The summed E-state index contributed by atoms with van der Waals surface area (Å²) in [6.07, 6.45) is 6.70. The zero-order valence-electron chi connectivity index (χ0n) is 13.4. The van der Waals surface area contributed by atoms with Crippen molar-refractivity contribution >= 4 is 0 Å². The molecule has 23 heavy (non-hydrogen) atoms. The molecule has 0 aliphatic heterocycles. The molecule has 3 rings (SSSR count). The summed E-state index contributed by atoms with van der Waals surface area (Å²) in [5, 5.41) is 12.6. The van der Waals surface area contributed by atoms with Crippen LogP contribution in [0.25, 0.3) is 11.3 Å². The van der Waals surface area contributed by atoms with Crippen molar-refractivity contribution in [2.45, 2.75) is 33.0 Å². The van der Waals surface area contributed by atoms with E-state index in [0.717, 1.165) is 49.6 Å². The zero-order chi connectivity index (χ0) is 15.9. The zero-order valence-corrected chi connectivity index (χ0v) is 13.4. The van der Waals surface area contributed by atoms with Crippen LogP contribution in [0.1, 0.15) is 19.0 Å². The molecule has 6 nitrogen and oxygen atoms in total. The number of hydrogen-bond donors (Lipinski definition) is 1. The molecule has 1 N–H and O–H groups in total. The SMILES string of the molecule is CCn1nc(CNCCCn2ccnc2)c(-c2ccccc2)n1. The van der Waals surface area contributed by atoms with Gasteiger partial charge in [0.1, 0.15) is 11.4 Å². The van der Waals surface area contributed by atoms with Gasteiger partial charge in [0.25, 0.3) is 0 Å². The number of nitrogens with zero attached hydrogens (tertiary/aromatic N) is 5. The molecular formula is C17H22N6. The molecular weight excluding hydrogens is 288 g/mol. The Balaban J connectivity index is 1.57. The largest absolute Gasteiger partial charge is 0.337 e. The molecule has 0 saturated heterocycles. The second kappa shape index (κ2) is 7.69. The van der Waals surface area contributed by atoms with Gasteiger partial charge in [-0.2, -0.15) is 15.0 Å². The number of aromatic nitrogens is 5. The van der Waals surface area contributed by atoms with Crippen LogP contribution in [0, 0.1) is 0 Å². The van der Waals surface area contributed by atoms with Crippen molar-refractivity contribution in [3.05, 3.63) is 54.7 Å². The minimum absolute atomic E-state index is 0.730. The van der Waals surface area contributed by atoms with Crippen LogP contribution in [0.5, 0.6) is 0 Å². The summed E-state index contributed by atoms with van der Waals surface area (Å²) in [6.45, 7) is 5.47. The fourth-order valence-electron chi connectivity index (χ4n) is 2.48. The van der Waals surface area contributed by atoms with E-state index in [0.29, 0.717) is 0 Å². The van der Waals surface area contributed by atoms with Gasteiger partial charge in [-0.25, -0.2) is 4.98 Å².